The van der Waals surface area contributed by atoms with Crippen molar-refractivity contribution >= 4 is 23.5 Å². The summed E-state index contributed by atoms with van der Waals surface area (Å²) in [6.07, 6.45) is 0. The number of aryl methyl sites for hydroxylation is 3. The number of rotatable bonds is 2. The normalized spacial score (nSPS) is 16.7. The Bertz CT molecular complexity index is 993. The van der Waals surface area contributed by atoms with Gasteiger partial charge in [0.1, 0.15) is 5.82 Å². The number of carbonyl (C=O) groups excluding carboxylic acids is 1. The zero-order chi connectivity index (χ0) is 18.3. The van der Waals surface area contributed by atoms with Crippen molar-refractivity contribution in [2.45, 2.75) is 26.0 Å². The van der Waals surface area contributed by atoms with Crippen LogP contribution in [0.15, 0.2) is 48.5 Å². The van der Waals surface area contributed by atoms with Gasteiger partial charge in [0.2, 0.25) is 5.91 Å². The number of thioether (sulfide) groups is 1. The number of benzene rings is 2. The molecule has 0 saturated carbocycles. The smallest absolute Gasteiger partial charge is 0.235 e. The summed E-state index contributed by atoms with van der Waals surface area (Å²) in [5.74, 6) is 1.23. The van der Waals surface area contributed by atoms with E-state index in [0.717, 1.165) is 28.3 Å². The second-order valence-corrected chi connectivity index (χ2v) is 7.79. The molecule has 3 aromatic rings. The molecule has 0 unspecified atom stereocenters. The van der Waals surface area contributed by atoms with Gasteiger partial charge in [-0.25, -0.2) is 4.68 Å². The van der Waals surface area contributed by atoms with Crippen LogP contribution in [0.3, 0.4) is 0 Å². The molecule has 1 aromatic heterocycles. The first-order valence-electron chi connectivity index (χ1n) is 8.68. The Hall–Kier alpha value is -2.53. The van der Waals surface area contributed by atoms with E-state index in [-0.39, 0.29) is 11.2 Å². The summed E-state index contributed by atoms with van der Waals surface area (Å²) in [5, 5.41) is 7.95. The van der Waals surface area contributed by atoms with Gasteiger partial charge in [-0.1, -0.05) is 36.4 Å². The van der Waals surface area contributed by atoms with Gasteiger partial charge >= 0.3 is 0 Å². The highest BCUT2D eigenvalue weighted by atomic mass is 32.2. The quantitative estimate of drug-likeness (QED) is 0.725. The van der Waals surface area contributed by atoms with Crippen LogP contribution in [-0.4, -0.2) is 21.4 Å². The number of fused-ring (bicyclic) bond motifs is 1. The Kier molecular flexibility index (Phi) is 4.32. The lowest BCUT2D eigenvalue weighted by molar-refractivity contribution is -0.113. The number of hydrogen-bond donors (Lipinski definition) is 1. The molecule has 26 heavy (non-hydrogen) atoms. The first-order chi connectivity index (χ1) is 12.5. The summed E-state index contributed by atoms with van der Waals surface area (Å²) in [6, 6.07) is 16.6. The summed E-state index contributed by atoms with van der Waals surface area (Å²) < 4.78 is 1.87. The first kappa shape index (κ1) is 16.9. The summed E-state index contributed by atoms with van der Waals surface area (Å²) >= 11 is 1.66. The number of aromatic nitrogens is 2. The van der Waals surface area contributed by atoms with Crippen molar-refractivity contribution in [1.29, 1.82) is 0 Å². The molecule has 0 fully saturated rings. The highest BCUT2D eigenvalue weighted by molar-refractivity contribution is 8.00. The Morgan fingerprint density at radius 3 is 2.69 bits per heavy atom. The minimum Gasteiger partial charge on any atom is -0.310 e. The lowest BCUT2D eigenvalue weighted by Crippen LogP contribution is -2.15. The van der Waals surface area contributed by atoms with Gasteiger partial charge in [-0.05, 0) is 49.6 Å². The monoisotopic (exact) mass is 363 g/mol. The second-order valence-electron chi connectivity index (χ2n) is 6.69. The molecule has 4 rings (SSSR count). The third-order valence-electron chi connectivity index (χ3n) is 4.72. The van der Waals surface area contributed by atoms with Crippen molar-refractivity contribution in [3.05, 3.63) is 76.5 Å². The highest BCUT2D eigenvalue weighted by Gasteiger charge is 2.31. The van der Waals surface area contributed by atoms with Gasteiger partial charge in [0.25, 0.3) is 0 Å². The maximum atomic E-state index is 12.4. The summed E-state index contributed by atoms with van der Waals surface area (Å²) in [7, 11) is 0. The standard InChI is InChI=1S/C21H21N3OS/c1-13-7-6-9-16(11-13)24-21-19(15(3)23-24)20(26-12-18(25)22-21)17-10-5-4-8-14(17)2/h4-11,20H,12H2,1-3H3,(H,22,25)/t20-/m1/s1. The van der Waals surface area contributed by atoms with Crippen molar-refractivity contribution in [3.8, 4) is 5.69 Å². The van der Waals surface area contributed by atoms with Crippen molar-refractivity contribution in [2.24, 2.45) is 0 Å². The van der Waals surface area contributed by atoms with Crippen molar-refractivity contribution in [1.82, 2.24) is 9.78 Å². The van der Waals surface area contributed by atoms with Gasteiger partial charge in [-0.3, -0.25) is 4.79 Å². The van der Waals surface area contributed by atoms with E-state index in [2.05, 4.69) is 49.5 Å². The molecule has 1 amide bonds. The number of nitrogens with zero attached hydrogens (tertiary/aromatic N) is 2. The predicted octanol–water partition coefficient (Wildman–Crippen LogP) is 4.57. The van der Waals surface area contributed by atoms with E-state index < -0.39 is 0 Å². The number of amides is 1. The average molecular weight is 363 g/mol. The van der Waals surface area contributed by atoms with Gasteiger partial charge in [-0.2, -0.15) is 5.10 Å². The fraction of sp³-hybridized carbons (Fsp3) is 0.238. The molecule has 0 spiro atoms. The lowest BCUT2D eigenvalue weighted by atomic mass is 10.00. The van der Waals surface area contributed by atoms with Crippen LogP contribution in [0.1, 0.15) is 33.2 Å². The molecule has 4 nitrogen and oxygen atoms in total. The Morgan fingerprint density at radius 2 is 1.92 bits per heavy atom. The lowest BCUT2D eigenvalue weighted by Gasteiger charge is -2.17. The minimum atomic E-state index is 0.0149. The SMILES string of the molecule is Cc1cccc(-n2nc(C)c3c2NC(=O)CS[C@@H]3c2ccccc2C)c1. The summed E-state index contributed by atoms with van der Waals surface area (Å²) in [5.41, 5.74) is 6.63. The molecule has 1 atom stereocenters. The Morgan fingerprint density at radius 1 is 1.12 bits per heavy atom. The molecule has 1 N–H and O–H groups in total. The third-order valence-corrected chi connectivity index (χ3v) is 5.98. The van der Waals surface area contributed by atoms with E-state index in [1.165, 1.54) is 11.1 Å². The van der Waals surface area contributed by atoms with Crippen LogP contribution in [-0.2, 0) is 4.79 Å². The van der Waals surface area contributed by atoms with Crippen molar-refractivity contribution in [3.63, 3.8) is 0 Å². The van der Waals surface area contributed by atoms with E-state index in [9.17, 15) is 4.79 Å². The summed E-state index contributed by atoms with van der Waals surface area (Å²) in [4.78, 5) is 12.4. The average Bonchev–Trinajstić information content (AvgIpc) is 2.82. The molecule has 2 heterocycles. The van der Waals surface area contributed by atoms with Crippen LogP contribution in [0.5, 0.6) is 0 Å². The van der Waals surface area contributed by atoms with Crippen molar-refractivity contribution in [2.75, 3.05) is 11.1 Å². The van der Waals surface area contributed by atoms with Crippen LogP contribution in [0.4, 0.5) is 5.82 Å². The predicted molar refractivity (Wildman–Crippen MR) is 107 cm³/mol. The zero-order valence-corrected chi connectivity index (χ0v) is 15.9. The molecule has 0 aliphatic carbocycles. The number of carbonyl (C=O) groups is 1. The van der Waals surface area contributed by atoms with E-state index in [1.54, 1.807) is 11.8 Å². The van der Waals surface area contributed by atoms with E-state index in [4.69, 9.17) is 5.10 Å². The molecule has 132 valence electrons. The molecular weight excluding hydrogens is 342 g/mol. The van der Waals surface area contributed by atoms with E-state index in [0.29, 0.717) is 5.75 Å². The first-order valence-corrected chi connectivity index (χ1v) is 9.73. The maximum Gasteiger partial charge on any atom is 0.235 e. The molecular formula is C21H21N3OS. The highest BCUT2D eigenvalue weighted by Crippen LogP contribution is 2.44. The van der Waals surface area contributed by atoms with Crippen molar-refractivity contribution < 1.29 is 4.79 Å². The maximum absolute atomic E-state index is 12.4. The van der Waals surface area contributed by atoms with Gasteiger partial charge in [0.15, 0.2) is 0 Å². The molecule has 1 aliphatic heterocycles. The molecule has 0 bridgehead atoms. The topological polar surface area (TPSA) is 46.9 Å². The third kappa shape index (κ3) is 2.92. The number of nitrogens with one attached hydrogen (secondary N) is 1. The fourth-order valence-electron chi connectivity index (χ4n) is 3.46. The second kappa shape index (κ2) is 6.65. The van der Waals surface area contributed by atoms with Crippen LogP contribution < -0.4 is 5.32 Å². The molecule has 2 aromatic carbocycles. The summed E-state index contributed by atoms with van der Waals surface area (Å²) in [6.45, 7) is 6.20. The molecule has 0 radical (unpaired) electrons. The van der Waals surface area contributed by atoms with Crippen LogP contribution in [0.2, 0.25) is 0 Å². The van der Waals surface area contributed by atoms with Gasteiger partial charge in [0.05, 0.1) is 22.4 Å². The number of anilines is 1. The van der Waals surface area contributed by atoms with Gasteiger partial charge in [-0.15, -0.1) is 11.8 Å². The van der Waals surface area contributed by atoms with E-state index >= 15 is 0 Å². The van der Waals surface area contributed by atoms with Gasteiger partial charge < -0.3 is 5.32 Å². The zero-order valence-electron chi connectivity index (χ0n) is 15.1. The largest absolute Gasteiger partial charge is 0.310 e. The van der Waals surface area contributed by atoms with Crippen LogP contribution in [0.25, 0.3) is 5.69 Å². The Labute approximate surface area is 157 Å². The number of hydrogen-bond acceptors (Lipinski definition) is 3. The van der Waals surface area contributed by atoms with Crippen LogP contribution >= 0.6 is 11.8 Å². The van der Waals surface area contributed by atoms with E-state index in [1.807, 2.05) is 29.8 Å². The molecule has 5 heteroatoms. The minimum absolute atomic E-state index is 0.0149. The molecule has 0 saturated heterocycles. The van der Waals surface area contributed by atoms with Crippen LogP contribution in [0, 0.1) is 20.8 Å². The fourth-order valence-corrected chi connectivity index (χ4v) is 4.74. The molecule has 1 aliphatic rings. The van der Waals surface area contributed by atoms with Gasteiger partial charge in [0, 0.05) is 5.56 Å². The Balaban J connectivity index is 1.92.